The maximum Gasteiger partial charge on any atom is 0.148 e. The van der Waals surface area contributed by atoms with Gasteiger partial charge in [-0.15, -0.1) is 0 Å². The number of rotatable bonds is 6. The third-order valence-electron chi connectivity index (χ3n) is 2.97. The summed E-state index contributed by atoms with van der Waals surface area (Å²) < 4.78 is 5.57. The van der Waals surface area contributed by atoms with Crippen molar-refractivity contribution < 1.29 is 4.74 Å². The number of likely N-dealkylation sites (N-methyl/N-ethyl adjacent to an activating group) is 1. The van der Waals surface area contributed by atoms with Crippen LogP contribution in [-0.2, 0) is 4.74 Å². The van der Waals surface area contributed by atoms with Crippen LogP contribution >= 0.6 is 11.6 Å². The molecule has 1 saturated carbocycles. The highest BCUT2D eigenvalue weighted by Gasteiger charge is 2.21. The highest BCUT2D eigenvalue weighted by Crippen LogP contribution is 2.29. The lowest BCUT2D eigenvalue weighted by Crippen LogP contribution is -2.24. The maximum absolute atomic E-state index is 8.90. The summed E-state index contributed by atoms with van der Waals surface area (Å²) >= 11 is 6.11. The number of anilines is 1. The number of ether oxygens (including phenoxy) is 1. The lowest BCUT2D eigenvalue weighted by Gasteiger charge is -2.19. The fourth-order valence-corrected chi connectivity index (χ4v) is 1.93. The molecule has 1 aliphatic carbocycles. The summed E-state index contributed by atoms with van der Waals surface area (Å²) in [5.74, 6) is 1.41. The van der Waals surface area contributed by atoms with Crippen molar-refractivity contribution in [3.05, 3.63) is 22.8 Å². The molecule has 1 aromatic heterocycles. The van der Waals surface area contributed by atoms with Crippen LogP contribution in [-0.4, -0.2) is 31.8 Å². The SMILES string of the molecule is CN(CCOCC1CC1)c1nccc(C#N)c1Cl. The van der Waals surface area contributed by atoms with E-state index >= 15 is 0 Å². The minimum Gasteiger partial charge on any atom is -0.379 e. The molecule has 0 radical (unpaired) electrons. The number of halogens is 1. The zero-order chi connectivity index (χ0) is 13.0. The van der Waals surface area contributed by atoms with Crippen molar-refractivity contribution in [2.45, 2.75) is 12.8 Å². The standard InChI is InChI=1S/C13H16ClN3O/c1-17(6-7-18-9-10-2-3-10)13-12(14)11(8-15)4-5-16-13/h4-5,10H,2-3,6-7,9H2,1H3. The fraction of sp³-hybridized carbons (Fsp3) is 0.538. The molecule has 0 unspecified atom stereocenters. The van der Waals surface area contributed by atoms with Gasteiger partial charge in [-0.1, -0.05) is 11.6 Å². The summed E-state index contributed by atoms with van der Waals surface area (Å²) in [5, 5.41) is 9.31. The Labute approximate surface area is 112 Å². The second-order valence-electron chi connectivity index (χ2n) is 4.55. The fourth-order valence-electron chi connectivity index (χ4n) is 1.63. The average molecular weight is 266 g/mol. The summed E-state index contributed by atoms with van der Waals surface area (Å²) in [4.78, 5) is 6.11. The molecular weight excluding hydrogens is 250 g/mol. The number of aromatic nitrogens is 1. The van der Waals surface area contributed by atoms with Crippen molar-refractivity contribution in [1.29, 1.82) is 5.26 Å². The second kappa shape index (κ2) is 6.03. The van der Waals surface area contributed by atoms with E-state index in [9.17, 15) is 0 Å². The highest BCUT2D eigenvalue weighted by atomic mass is 35.5. The first-order valence-electron chi connectivity index (χ1n) is 6.06. The Kier molecular flexibility index (Phi) is 4.40. The van der Waals surface area contributed by atoms with E-state index < -0.39 is 0 Å². The van der Waals surface area contributed by atoms with Gasteiger partial charge in [0, 0.05) is 26.4 Å². The second-order valence-corrected chi connectivity index (χ2v) is 4.93. The normalized spacial score (nSPS) is 14.3. The largest absolute Gasteiger partial charge is 0.379 e. The van der Waals surface area contributed by atoms with Gasteiger partial charge in [0.05, 0.1) is 12.2 Å². The van der Waals surface area contributed by atoms with E-state index in [0.29, 0.717) is 29.6 Å². The molecule has 18 heavy (non-hydrogen) atoms. The Hall–Kier alpha value is -1.31. The smallest absolute Gasteiger partial charge is 0.148 e. The van der Waals surface area contributed by atoms with Crippen LogP contribution in [0.2, 0.25) is 5.02 Å². The van der Waals surface area contributed by atoms with Crippen LogP contribution in [0.4, 0.5) is 5.82 Å². The van der Waals surface area contributed by atoms with Crippen LogP contribution in [0.5, 0.6) is 0 Å². The van der Waals surface area contributed by atoms with Gasteiger partial charge >= 0.3 is 0 Å². The minimum absolute atomic E-state index is 0.407. The van der Waals surface area contributed by atoms with Crippen LogP contribution in [0.1, 0.15) is 18.4 Å². The number of pyridine rings is 1. The molecule has 4 nitrogen and oxygen atoms in total. The van der Waals surface area contributed by atoms with Gasteiger partial charge in [-0.05, 0) is 24.8 Å². The maximum atomic E-state index is 8.90. The molecule has 1 aliphatic rings. The summed E-state index contributed by atoms with van der Waals surface area (Å²) in [6.45, 7) is 2.23. The lowest BCUT2D eigenvalue weighted by atomic mass is 10.3. The van der Waals surface area contributed by atoms with Crippen molar-refractivity contribution in [2.75, 3.05) is 31.7 Å². The molecule has 1 aromatic rings. The van der Waals surface area contributed by atoms with Gasteiger partial charge < -0.3 is 9.64 Å². The molecule has 0 amide bonds. The Bertz CT molecular complexity index is 454. The molecule has 0 bridgehead atoms. The molecular formula is C13H16ClN3O. The van der Waals surface area contributed by atoms with E-state index in [1.165, 1.54) is 12.8 Å². The first-order valence-corrected chi connectivity index (χ1v) is 6.43. The van der Waals surface area contributed by atoms with Gasteiger partial charge in [-0.2, -0.15) is 5.26 Å². The van der Waals surface area contributed by atoms with Crippen molar-refractivity contribution in [3.8, 4) is 6.07 Å². The van der Waals surface area contributed by atoms with Crippen molar-refractivity contribution in [1.82, 2.24) is 4.98 Å². The summed E-state index contributed by atoms with van der Waals surface area (Å²) in [7, 11) is 1.90. The van der Waals surface area contributed by atoms with Crippen molar-refractivity contribution in [2.24, 2.45) is 5.92 Å². The molecule has 0 aliphatic heterocycles. The quantitative estimate of drug-likeness (QED) is 0.742. The zero-order valence-corrected chi connectivity index (χ0v) is 11.2. The van der Waals surface area contributed by atoms with Gasteiger partial charge in [0.15, 0.2) is 0 Å². The molecule has 0 aromatic carbocycles. The van der Waals surface area contributed by atoms with E-state index in [2.05, 4.69) is 11.1 Å². The number of hydrogen-bond donors (Lipinski definition) is 0. The molecule has 2 rings (SSSR count). The molecule has 1 heterocycles. The van der Waals surface area contributed by atoms with Gasteiger partial charge in [0.25, 0.3) is 0 Å². The Morgan fingerprint density at radius 1 is 1.61 bits per heavy atom. The Morgan fingerprint density at radius 2 is 2.39 bits per heavy atom. The van der Waals surface area contributed by atoms with E-state index in [-0.39, 0.29) is 0 Å². The first-order chi connectivity index (χ1) is 8.72. The minimum atomic E-state index is 0.407. The molecule has 0 atom stereocenters. The Balaban J connectivity index is 1.87. The van der Waals surface area contributed by atoms with Crippen molar-refractivity contribution in [3.63, 3.8) is 0 Å². The van der Waals surface area contributed by atoms with Crippen LogP contribution < -0.4 is 4.90 Å². The molecule has 5 heteroatoms. The summed E-state index contributed by atoms with van der Waals surface area (Å²) in [6.07, 6.45) is 4.20. The first kappa shape index (κ1) is 13.1. The Morgan fingerprint density at radius 3 is 3.06 bits per heavy atom. The van der Waals surface area contributed by atoms with Crippen LogP contribution in [0.15, 0.2) is 12.3 Å². The van der Waals surface area contributed by atoms with Crippen LogP contribution in [0.3, 0.4) is 0 Å². The third-order valence-corrected chi connectivity index (χ3v) is 3.35. The van der Waals surface area contributed by atoms with E-state index in [1.807, 2.05) is 11.9 Å². The molecule has 96 valence electrons. The van der Waals surface area contributed by atoms with Gasteiger partial charge in [0.2, 0.25) is 0 Å². The van der Waals surface area contributed by atoms with Crippen LogP contribution in [0, 0.1) is 17.2 Å². The molecule has 0 spiro atoms. The molecule has 1 fully saturated rings. The summed E-state index contributed by atoms with van der Waals surface area (Å²) in [5.41, 5.74) is 0.451. The average Bonchev–Trinajstić information content (AvgIpc) is 3.18. The molecule has 0 saturated heterocycles. The van der Waals surface area contributed by atoms with Gasteiger partial charge in [-0.3, -0.25) is 0 Å². The number of hydrogen-bond acceptors (Lipinski definition) is 4. The van der Waals surface area contributed by atoms with Gasteiger partial charge in [0.1, 0.15) is 16.9 Å². The topological polar surface area (TPSA) is 49.1 Å². The van der Waals surface area contributed by atoms with E-state index in [0.717, 1.165) is 12.5 Å². The van der Waals surface area contributed by atoms with Crippen LogP contribution in [0.25, 0.3) is 0 Å². The predicted molar refractivity (Wildman–Crippen MR) is 70.8 cm³/mol. The molecule has 0 N–H and O–H groups in total. The van der Waals surface area contributed by atoms with E-state index in [4.69, 9.17) is 21.6 Å². The lowest BCUT2D eigenvalue weighted by molar-refractivity contribution is 0.131. The van der Waals surface area contributed by atoms with Crippen molar-refractivity contribution >= 4 is 17.4 Å². The number of nitriles is 1. The van der Waals surface area contributed by atoms with E-state index in [1.54, 1.807) is 12.3 Å². The monoisotopic (exact) mass is 265 g/mol. The van der Waals surface area contributed by atoms with Gasteiger partial charge in [-0.25, -0.2) is 4.98 Å². The summed E-state index contributed by atoms with van der Waals surface area (Å²) in [6, 6.07) is 3.67. The highest BCUT2D eigenvalue weighted by molar-refractivity contribution is 6.34. The third kappa shape index (κ3) is 3.34. The zero-order valence-electron chi connectivity index (χ0n) is 10.4. The number of nitrogens with zero attached hydrogens (tertiary/aromatic N) is 3. The predicted octanol–water partition coefficient (Wildman–Crippen LogP) is 2.47.